The Kier molecular flexibility index (Phi) is 28.9. The zero-order valence-corrected chi connectivity index (χ0v) is 22.9. The van der Waals surface area contributed by atoms with Gasteiger partial charge in [0.1, 0.15) is 0 Å². The van der Waals surface area contributed by atoms with E-state index in [-0.39, 0.29) is 46.5 Å². The molecule has 25 heavy (non-hydrogen) atoms. The molecule has 0 spiro atoms. The van der Waals surface area contributed by atoms with Crippen LogP contribution in [0.15, 0.2) is 0 Å². The van der Waals surface area contributed by atoms with Crippen molar-refractivity contribution in [2.45, 2.75) is 98.6 Å². The van der Waals surface area contributed by atoms with Gasteiger partial charge in [-0.3, -0.25) is 0 Å². The molecule has 0 aliphatic heterocycles. The molecule has 0 heterocycles. The molecular formula is C20H44Cl2P2Ti. The predicted octanol–water partition coefficient (Wildman–Crippen LogP) is 1.37. The molecule has 0 radical (unpaired) electrons. The Morgan fingerprint density at radius 1 is 1.00 bits per heavy atom. The summed E-state index contributed by atoms with van der Waals surface area (Å²) in [6.45, 7) is 14.3. The Hall–Kier alpha value is 2.15. The van der Waals surface area contributed by atoms with E-state index < -0.39 is 0 Å². The van der Waals surface area contributed by atoms with Crippen molar-refractivity contribution >= 4 is 17.8 Å². The first-order valence-corrected chi connectivity index (χ1v) is 12.0. The molecule has 1 rings (SSSR count). The van der Waals surface area contributed by atoms with Crippen molar-refractivity contribution in [3.63, 3.8) is 0 Å². The Morgan fingerprint density at radius 2 is 1.52 bits per heavy atom. The van der Waals surface area contributed by atoms with Gasteiger partial charge >= 0.3 is 21.7 Å². The van der Waals surface area contributed by atoms with Crippen molar-refractivity contribution in [3.05, 3.63) is 0 Å². The SMILES string of the molecule is CCCCP.CCCCPC1CCCC(C(C)C)(C(C)C)C1.[Cl-].[Cl-].[Ti+2]. The van der Waals surface area contributed by atoms with Crippen LogP contribution in [-0.4, -0.2) is 18.0 Å². The first-order valence-electron chi connectivity index (χ1n) is 9.88. The molecule has 3 atom stereocenters. The van der Waals surface area contributed by atoms with Gasteiger partial charge in [-0.1, -0.05) is 67.2 Å². The fourth-order valence-electron chi connectivity index (χ4n) is 3.92. The standard InChI is InChI=1S/C16H33P.C4H11P.2ClH.Ti/c1-6-7-11-17-15-9-8-10-16(12-15,13(2)3)14(4)5;1-2-3-4-5;;;/h13-15,17H,6-12H2,1-5H3;2-5H2,1H3;2*1H;/q;;;;+2/p-2. The van der Waals surface area contributed by atoms with Crippen LogP contribution in [0.2, 0.25) is 0 Å². The molecule has 0 aromatic carbocycles. The van der Waals surface area contributed by atoms with Crippen molar-refractivity contribution in [3.8, 4) is 0 Å². The second kappa shape index (κ2) is 20.9. The van der Waals surface area contributed by atoms with E-state index in [1.165, 1.54) is 72.3 Å². The van der Waals surface area contributed by atoms with E-state index in [0.29, 0.717) is 5.41 Å². The van der Waals surface area contributed by atoms with Gasteiger partial charge in [0.2, 0.25) is 0 Å². The zero-order chi connectivity index (χ0) is 17.0. The Bertz CT molecular complexity index is 254. The molecule has 0 aromatic rings. The van der Waals surface area contributed by atoms with Gasteiger partial charge < -0.3 is 24.8 Å². The van der Waals surface area contributed by atoms with Crippen LogP contribution >= 0.6 is 17.8 Å². The molecule has 0 saturated heterocycles. The Morgan fingerprint density at radius 3 is 1.88 bits per heavy atom. The minimum Gasteiger partial charge on any atom is -1.00 e. The molecule has 0 amide bonds. The van der Waals surface area contributed by atoms with Gasteiger partial charge in [0.25, 0.3) is 0 Å². The largest absolute Gasteiger partial charge is 2.00 e. The first kappa shape index (κ1) is 34.6. The van der Waals surface area contributed by atoms with Gasteiger partial charge in [-0.2, -0.15) is 0 Å². The fourth-order valence-corrected chi connectivity index (χ4v) is 6.22. The monoisotopic (exact) mass is 464 g/mol. The molecule has 0 aromatic heterocycles. The number of hydrogen-bond donors (Lipinski definition) is 0. The average molecular weight is 465 g/mol. The van der Waals surface area contributed by atoms with Crippen LogP contribution in [-0.2, 0) is 21.7 Å². The maximum absolute atomic E-state index is 2.70. The second-order valence-corrected chi connectivity index (χ2v) is 10.1. The smallest absolute Gasteiger partial charge is 1.00 e. The van der Waals surface area contributed by atoms with E-state index in [4.69, 9.17) is 0 Å². The van der Waals surface area contributed by atoms with Gasteiger partial charge in [0.05, 0.1) is 0 Å². The molecule has 1 aliphatic rings. The summed E-state index contributed by atoms with van der Waals surface area (Å²) in [5.41, 5.74) is 1.71. The van der Waals surface area contributed by atoms with Crippen LogP contribution in [0, 0.1) is 17.3 Å². The molecule has 1 aliphatic carbocycles. The van der Waals surface area contributed by atoms with E-state index in [1.807, 2.05) is 0 Å². The molecule has 5 heteroatoms. The minimum atomic E-state index is 0. The molecule has 3 unspecified atom stereocenters. The van der Waals surface area contributed by atoms with Crippen molar-refractivity contribution in [1.82, 2.24) is 0 Å². The summed E-state index contributed by atoms with van der Waals surface area (Å²) in [7, 11) is 3.94. The summed E-state index contributed by atoms with van der Waals surface area (Å²) in [6.07, 6.45) is 14.3. The van der Waals surface area contributed by atoms with Crippen LogP contribution in [0.25, 0.3) is 0 Å². The topological polar surface area (TPSA) is 0 Å². The predicted molar refractivity (Wildman–Crippen MR) is 112 cm³/mol. The molecule has 152 valence electrons. The molecule has 1 saturated carbocycles. The van der Waals surface area contributed by atoms with Crippen molar-refractivity contribution < 1.29 is 46.5 Å². The third-order valence-corrected chi connectivity index (χ3v) is 7.76. The third kappa shape index (κ3) is 13.9. The van der Waals surface area contributed by atoms with Crippen LogP contribution in [0.1, 0.15) is 92.9 Å². The van der Waals surface area contributed by atoms with E-state index >= 15 is 0 Å². The molecular weight excluding hydrogens is 421 g/mol. The first-order chi connectivity index (χ1) is 10.4. The maximum Gasteiger partial charge on any atom is 2.00 e. The Balaban J connectivity index is -0.000000244. The summed E-state index contributed by atoms with van der Waals surface area (Å²) in [4.78, 5) is 0. The summed E-state index contributed by atoms with van der Waals surface area (Å²) >= 11 is 0. The van der Waals surface area contributed by atoms with E-state index in [2.05, 4.69) is 50.8 Å². The van der Waals surface area contributed by atoms with Crippen molar-refractivity contribution in [2.24, 2.45) is 17.3 Å². The minimum absolute atomic E-state index is 0. The van der Waals surface area contributed by atoms with Gasteiger partial charge in [0, 0.05) is 0 Å². The van der Waals surface area contributed by atoms with Crippen LogP contribution in [0.4, 0.5) is 0 Å². The van der Waals surface area contributed by atoms with E-state index in [1.54, 1.807) is 0 Å². The Labute approximate surface area is 191 Å². The molecule has 0 nitrogen and oxygen atoms in total. The van der Waals surface area contributed by atoms with Gasteiger partial charge in [0.15, 0.2) is 0 Å². The molecule has 0 N–H and O–H groups in total. The summed E-state index contributed by atoms with van der Waals surface area (Å²) < 4.78 is 0. The maximum atomic E-state index is 2.70. The number of hydrogen-bond acceptors (Lipinski definition) is 0. The average Bonchev–Trinajstić information content (AvgIpc) is 2.49. The molecule has 1 fully saturated rings. The number of halogens is 2. The zero-order valence-electron chi connectivity index (χ0n) is 17.6. The number of rotatable bonds is 8. The third-order valence-electron chi connectivity index (χ3n) is 5.64. The van der Waals surface area contributed by atoms with Crippen LogP contribution < -0.4 is 24.8 Å². The van der Waals surface area contributed by atoms with Crippen LogP contribution in [0.3, 0.4) is 0 Å². The van der Waals surface area contributed by atoms with Crippen molar-refractivity contribution in [2.75, 3.05) is 12.3 Å². The quantitative estimate of drug-likeness (QED) is 0.289. The second-order valence-electron chi connectivity index (χ2n) is 7.79. The normalized spacial score (nSPS) is 18.8. The van der Waals surface area contributed by atoms with E-state index in [0.717, 1.165) is 17.5 Å². The van der Waals surface area contributed by atoms with Gasteiger partial charge in [-0.15, -0.1) is 17.8 Å². The van der Waals surface area contributed by atoms with Crippen LogP contribution in [0.5, 0.6) is 0 Å². The van der Waals surface area contributed by atoms with Gasteiger partial charge in [-0.25, -0.2) is 0 Å². The summed E-state index contributed by atoms with van der Waals surface area (Å²) in [5.74, 6) is 1.72. The van der Waals surface area contributed by atoms with E-state index in [9.17, 15) is 0 Å². The molecule has 0 bridgehead atoms. The summed E-state index contributed by atoms with van der Waals surface area (Å²) in [6, 6.07) is 0. The fraction of sp³-hybridized carbons (Fsp3) is 1.00. The van der Waals surface area contributed by atoms with Crippen molar-refractivity contribution in [1.29, 1.82) is 0 Å². The number of unbranched alkanes of at least 4 members (excludes halogenated alkanes) is 2. The summed E-state index contributed by atoms with van der Waals surface area (Å²) in [5, 5.41) is 0. The van der Waals surface area contributed by atoms with Gasteiger partial charge in [-0.05, 0) is 60.9 Å².